The first-order chi connectivity index (χ1) is 13.7. The molecule has 0 aromatic heterocycles. The number of rotatable bonds is 5. The Balaban J connectivity index is 1.49. The second-order valence-electron chi connectivity index (χ2n) is 6.56. The second-order valence-corrected chi connectivity index (χ2v) is 6.56. The Morgan fingerprint density at radius 1 is 0.857 bits per heavy atom. The van der Waals surface area contributed by atoms with Crippen LogP contribution < -0.4 is 0 Å². The highest BCUT2D eigenvalue weighted by molar-refractivity contribution is 5.70. The van der Waals surface area contributed by atoms with E-state index in [4.69, 9.17) is 9.47 Å². The van der Waals surface area contributed by atoms with E-state index in [0.717, 1.165) is 11.1 Å². The molecule has 1 heterocycles. The van der Waals surface area contributed by atoms with Gasteiger partial charge in [-0.15, -0.1) is 0 Å². The van der Waals surface area contributed by atoms with Crippen molar-refractivity contribution in [2.45, 2.75) is 19.3 Å². The van der Waals surface area contributed by atoms with Crippen LogP contribution in [0.5, 0.6) is 0 Å². The van der Waals surface area contributed by atoms with Crippen LogP contribution in [0.2, 0.25) is 0 Å². The van der Waals surface area contributed by atoms with E-state index >= 15 is 0 Å². The SMILES string of the molecule is O=C(OCc1ccccc1)N1CCN(C(=O)OCc2ccccc2)[C@@H](CO)C1. The molecule has 1 aliphatic rings. The van der Waals surface area contributed by atoms with Gasteiger partial charge in [0.15, 0.2) is 0 Å². The zero-order chi connectivity index (χ0) is 19.8. The molecule has 0 saturated carbocycles. The Morgan fingerprint density at radius 3 is 1.93 bits per heavy atom. The van der Waals surface area contributed by atoms with Crippen LogP contribution in [0.25, 0.3) is 0 Å². The van der Waals surface area contributed by atoms with Crippen LogP contribution in [-0.2, 0) is 22.7 Å². The third-order valence-electron chi connectivity index (χ3n) is 4.60. The molecular weight excluding hydrogens is 360 g/mol. The number of aliphatic hydroxyl groups excluding tert-OH is 1. The molecule has 1 saturated heterocycles. The van der Waals surface area contributed by atoms with Gasteiger partial charge >= 0.3 is 12.2 Å². The number of hydrogen-bond acceptors (Lipinski definition) is 5. The summed E-state index contributed by atoms with van der Waals surface area (Å²) in [7, 11) is 0. The van der Waals surface area contributed by atoms with Gasteiger partial charge in [-0.25, -0.2) is 9.59 Å². The van der Waals surface area contributed by atoms with Gasteiger partial charge in [-0.2, -0.15) is 0 Å². The van der Waals surface area contributed by atoms with Gasteiger partial charge in [-0.05, 0) is 11.1 Å². The number of carbonyl (C=O) groups excluding carboxylic acids is 2. The van der Waals surface area contributed by atoms with Gasteiger partial charge in [-0.3, -0.25) is 4.90 Å². The molecule has 0 bridgehead atoms. The number of hydrogen-bond donors (Lipinski definition) is 1. The minimum atomic E-state index is -0.527. The summed E-state index contributed by atoms with van der Waals surface area (Å²) in [6.45, 7) is 0.886. The predicted octanol–water partition coefficient (Wildman–Crippen LogP) is 2.64. The third-order valence-corrected chi connectivity index (χ3v) is 4.60. The molecule has 1 atom stereocenters. The van der Waals surface area contributed by atoms with E-state index in [1.807, 2.05) is 60.7 Å². The minimum absolute atomic E-state index is 0.164. The Hall–Kier alpha value is -3.06. The number of nitrogens with zero attached hydrogens (tertiary/aromatic N) is 2. The maximum Gasteiger partial charge on any atom is 0.410 e. The monoisotopic (exact) mass is 384 g/mol. The molecule has 7 heteroatoms. The molecule has 0 unspecified atom stereocenters. The third kappa shape index (κ3) is 5.23. The number of carbonyl (C=O) groups is 2. The van der Waals surface area contributed by atoms with E-state index in [1.165, 1.54) is 9.80 Å². The van der Waals surface area contributed by atoms with E-state index in [1.54, 1.807) is 0 Å². The van der Waals surface area contributed by atoms with E-state index in [-0.39, 0.29) is 32.9 Å². The largest absolute Gasteiger partial charge is 0.445 e. The molecule has 0 aliphatic carbocycles. The zero-order valence-electron chi connectivity index (χ0n) is 15.6. The van der Waals surface area contributed by atoms with E-state index in [0.29, 0.717) is 6.54 Å². The molecule has 1 N–H and O–H groups in total. The number of aliphatic hydroxyl groups is 1. The predicted molar refractivity (Wildman–Crippen MR) is 102 cm³/mol. The zero-order valence-corrected chi connectivity index (χ0v) is 15.6. The standard InChI is InChI=1S/C21H24N2O5/c24-14-19-13-22(20(25)27-15-17-7-3-1-4-8-17)11-12-23(19)21(26)28-16-18-9-5-2-6-10-18/h1-10,19,24H,11-16H2/t19-/m1/s1. The molecule has 28 heavy (non-hydrogen) atoms. The van der Waals surface area contributed by atoms with Crippen molar-refractivity contribution in [3.63, 3.8) is 0 Å². The summed E-state index contributed by atoms with van der Waals surface area (Å²) < 4.78 is 10.7. The van der Waals surface area contributed by atoms with Crippen LogP contribution in [0.15, 0.2) is 60.7 Å². The molecule has 2 amide bonds. The van der Waals surface area contributed by atoms with E-state index < -0.39 is 18.2 Å². The highest BCUT2D eigenvalue weighted by atomic mass is 16.6. The van der Waals surface area contributed by atoms with Crippen molar-refractivity contribution in [1.29, 1.82) is 0 Å². The summed E-state index contributed by atoms with van der Waals surface area (Å²) in [6, 6.07) is 18.3. The lowest BCUT2D eigenvalue weighted by atomic mass is 10.2. The average Bonchev–Trinajstić information content (AvgIpc) is 2.76. The topological polar surface area (TPSA) is 79.3 Å². The van der Waals surface area contributed by atoms with Gasteiger partial charge in [0.05, 0.1) is 12.6 Å². The fourth-order valence-corrected chi connectivity index (χ4v) is 3.03. The van der Waals surface area contributed by atoms with Crippen molar-refractivity contribution < 1.29 is 24.2 Å². The van der Waals surface area contributed by atoms with Crippen LogP contribution >= 0.6 is 0 Å². The smallest absolute Gasteiger partial charge is 0.410 e. The lowest BCUT2D eigenvalue weighted by molar-refractivity contribution is 0.0171. The summed E-state index contributed by atoms with van der Waals surface area (Å²) in [5.74, 6) is 0. The Labute approximate surface area is 164 Å². The average molecular weight is 384 g/mol. The van der Waals surface area contributed by atoms with Gasteiger partial charge < -0.3 is 19.5 Å². The lowest BCUT2D eigenvalue weighted by Gasteiger charge is -2.39. The number of piperazine rings is 1. The quantitative estimate of drug-likeness (QED) is 0.857. The van der Waals surface area contributed by atoms with Crippen molar-refractivity contribution >= 4 is 12.2 Å². The Kier molecular flexibility index (Phi) is 6.86. The fraction of sp³-hybridized carbons (Fsp3) is 0.333. The van der Waals surface area contributed by atoms with Crippen molar-refractivity contribution in [2.24, 2.45) is 0 Å². The van der Waals surface area contributed by atoms with Crippen LogP contribution in [0, 0.1) is 0 Å². The first-order valence-corrected chi connectivity index (χ1v) is 9.21. The molecule has 2 aromatic rings. The molecule has 148 valence electrons. The van der Waals surface area contributed by atoms with Crippen LogP contribution in [0.3, 0.4) is 0 Å². The molecule has 3 rings (SSSR count). The van der Waals surface area contributed by atoms with E-state index in [2.05, 4.69) is 0 Å². The lowest BCUT2D eigenvalue weighted by Crippen LogP contribution is -2.58. The number of benzene rings is 2. The highest BCUT2D eigenvalue weighted by Gasteiger charge is 2.33. The summed E-state index contributed by atoms with van der Waals surface area (Å²) in [6.07, 6.45) is -0.959. The van der Waals surface area contributed by atoms with Gasteiger partial charge in [-0.1, -0.05) is 60.7 Å². The Bertz CT molecular complexity index is 769. The normalized spacial score (nSPS) is 16.5. The molecule has 7 nitrogen and oxygen atoms in total. The maximum atomic E-state index is 12.4. The molecule has 1 fully saturated rings. The van der Waals surface area contributed by atoms with Gasteiger partial charge in [0, 0.05) is 19.6 Å². The molecular formula is C21H24N2O5. The molecule has 0 spiro atoms. The van der Waals surface area contributed by atoms with Crippen molar-refractivity contribution in [3.8, 4) is 0 Å². The summed E-state index contributed by atoms with van der Waals surface area (Å²) in [5.41, 5.74) is 1.79. The van der Waals surface area contributed by atoms with E-state index in [9.17, 15) is 14.7 Å². The molecule has 0 radical (unpaired) electrons. The van der Waals surface area contributed by atoms with Gasteiger partial charge in [0.1, 0.15) is 13.2 Å². The molecule has 1 aliphatic heterocycles. The fourth-order valence-electron chi connectivity index (χ4n) is 3.03. The van der Waals surface area contributed by atoms with Crippen molar-refractivity contribution in [3.05, 3.63) is 71.8 Å². The first kappa shape index (κ1) is 19.7. The summed E-state index contributed by atoms with van der Waals surface area (Å²) in [4.78, 5) is 27.7. The van der Waals surface area contributed by atoms with Crippen molar-refractivity contribution in [1.82, 2.24) is 9.80 Å². The van der Waals surface area contributed by atoms with Crippen LogP contribution in [0.4, 0.5) is 9.59 Å². The minimum Gasteiger partial charge on any atom is -0.445 e. The number of ether oxygens (including phenoxy) is 2. The van der Waals surface area contributed by atoms with Crippen molar-refractivity contribution in [2.75, 3.05) is 26.2 Å². The summed E-state index contributed by atoms with van der Waals surface area (Å²) >= 11 is 0. The highest BCUT2D eigenvalue weighted by Crippen LogP contribution is 2.14. The van der Waals surface area contributed by atoms with Crippen LogP contribution in [-0.4, -0.2) is 59.4 Å². The van der Waals surface area contributed by atoms with Gasteiger partial charge in [0.25, 0.3) is 0 Å². The van der Waals surface area contributed by atoms with Gasteiger partial charge in [0.2, 0.25) is 0 Å². The maximum absolute atomic E-state index is 12.4. The van der Waals surface area contributed by atoms with Crippen LogP contribution in [0.1, 0.15) is 11.1 Å². The summed E-state index contributed by atoms with van der Waals surface area (Å²) in [5, 5.41) is 9.67. The second kappa shape index (κ2) is 9.75. The number of amides is 2. The first-order valence-electron chi connectivity index (χ1n) is 9.21. The molecule has 2 aromatic carbocycles. The Morgan fingerprint density at radius 2 is 1.39 bits per heavy atom.